The Labute approximate surface area is 90.7 Å². The Morgan fingerprint density at radius 1 is 1.07 bits per heavy atom. The van der Waals surface area contributed by atoms with Crippen molar-refractivity contribution < 1.29 is 0 Å². The first kappa shape index (κ1) is 14.0. The van der Waals surface area contributed by atoms with Gasteiger partial charge < -0.3 is 5.32 Å². The molecular formula is C13H29N. The van der Waals surface area contributed by atoms with Crippen LogP contribution in [0.5, 0.6) is 0 Å². The SMILES string of the molecule is CCCC(C)CC(CC)CNC(C)C. The molecule has 14 heavy (non-hydrogen) atoms. The van der Waals surface area contributed by atoms with E-state index in [9.17, 15) is 0 Å². The first-order chi connectivity index (χ1) is 6.60. The van der Waals surface area contributed by atoms with Crippen LogP contribution in [0.3, 0.4) is 0 Å². The van der Waals surface area contributed by atoms with Gasteiger partial charge in [0.05, 0.1) is 0 Å². The third-order valence-electron chi connectivity index (χ3n) is 2.91. The molecule has 0 spiro atoms. The molecule has 0 radical (unpaired) electrons. The normalized spacial score (nSPS) is 15.9. The molecule has 0 saturated carbocycles. The summed E-state index contributed by atoms with van der Waals surface area (Å²) < 4.78 is 0. The van der Waals surface area contributed by atoms with Crippen LogP contribution in [0, 0.1) is 11.8 Å². The van der Waals surface area contributed by atoms with E-state index in [1.54, 1.807) is 0 Å². The molecule has 0 heterocycles. The van der Waals surface area contributed by atoms with Gasteiger partial charge in [0.15, 0.2) is 0 Å². The van der Waals surface area contributed by atoms with Crippen LogP contribution in [0.2, 0.25) is 0 Å². The van der Waals surface area contributed by atoms with Crippen LogP contribution in [-0.2, 0) is 0 Å². The lowest BCUT2D eigenvalue weighted by Crippen LogP contribution is -2.29. The van der Waals surface area contributed by atoms with Crippen LogP contribution in [0.1, 0.15) is 60.3 Å². The lowest BCUT2D eigenvalue weighted by molar-refractivity contribution is 0.340. The second-order valence-electron chi connectivity index (χ2n) is 4.97. The Morgan fingerprint density at radius 3 is 2.14 bits per heavy atom. The predicted molar refractivity (Wildman–Crippen MR) is 65.6 cm³/mol. The Balaban J connectivity index is 3.66. The van der Waals surface area contributed by atoms with E-state index >= 15 is 0 Å². The maximum Gasteiger partial charge on any atom is 0.00104 e. The Hall–Kier alpha value is -0.0400. The van der Waals surface area contributed by atoms with Gasteiger partial charge in [-0.05, 0) is 24.8 Å². The molecule has 0 aromatic rings. The van der Waals surface area contributed by atoms with Gasteiger partial charge in [-0.15, -0.1) is 0 Å². The van der Waals surface area contributed by atoms with Crippen LogP contribution in [0.15, 0.2) is 0 Å². The molecule has 0 bridgehead atoms. The first-order valence-corrected chi connectivity index (χ1v) is 6.33. The molecule has 2 atom stereocenters. The minimum atomic E-state index is 0.630. The van der Waals surface area contributed by atoms with Crippen molar-refractivity contribution in [1.82, 2.24) is 5.32 Å². The summed E-state index contributed by atoms with van der Waals surface area (Å²) in [6, 6.07) is 0.630. The van der Waals surface area contributed by atoms with Crippen molar-refractivity contribution in [3.8, 4) is 0 Å². The molecule has 0 fully saturated rings. The quantitative estimate of drug-likeness (QED) is 0.626. The van der Waals surface area contributed by atoms with Crippen LogP contribution in [-0.4, -0.2) is 12.6 Å². The van der Waals surface area contributed by atoms with Gasteiger partial charge in [-0.1, -0.05) is 53.9 Å². The third-order valence-corrected chi connectivity index (χ3v) is 2.91. The number of hydrogen-bond donors (Lipinski definition) is 1. The summed E-state index contributed by atoms with van der Waals surface area (Å²) in [7, 11) is 0. The van der Waals surface area contributed by atoms with Gasteiger partial charge in [0.2, 0.25) is 0 Å². The Morgan fingerprint density at radius 2 is 1.71 bits per heavy atom. The van der Waals surface area contributed by atoms with E-state index in [1.165, 1.54) is 32.2 Å². The Kier molecular flexibility index (Phi) is 8.26. The van der Waals surface area contributed by atoms with Gasteiger partial charge in [-0.2, -0.15) is 0 Å². The van der Waals surface area contributed by atoms with Crippen molar-refractivity contribution >= 4 is 0 Å². The topological polar surface area (TPSA) is 12.0 Å². The van der Waals surface area contributed by atoms with Crippen molar-refractivity contribution in [2.75, 3.05) is 6.54 Å². The molecule has 0 aromatic carbocycles. The highest BCUT2D eigenvalue weighted by Gasteiger charge is 2.11. The minimum Gasteiger partial charge on any atom is -0.314 e. The van der Waals surface area contributed by atoms with Crippen LogP contribution in [0.25, 0.3) is 0 Å². The summed E-state index contributed by atoms with van der Waals surface area (Å²) in [6.45, 7) is 12.6. The molecule has 0 aliphatic heterocycles. The highest BCUT2D eigenvalue weighted by Crippen LogP contribution is 2.18. The summed E-state index contributed by atoms with van der Waals surface area (Å²) >= 11 is 0. The Bertz CT molecular complexity index is 120. The highest BCUT2D eigenvalue weighted by molar-refractivity contribution is 4.66. The van der Waals surface area contributed by atoms with Crippen LogP contribution >= 0.6 is 0 Å². The monoisotopic (exact) mass is 199 g/mol. The number of rotatable bonds is 8. The van der Waals surface area contributed by atoms with Crippen molar-refractivity contribution in [2.45, 2.75) is 66.3 Å². The van der Waals surface area contributed by atoms with Gasteiger partial charge >= 0.3 is 0 Å². The molecule has 86 valence electrons. The fourth-order valence-corrected chi connectivity index (χ4v) is 1.98. The highest BCUT2D eigenvalue weighted by atomic mass is 14.9. The number of hydrogen-bond acceptors (Lipinski definition) is 1. The molecule has 0 aliphatic rings. The first-order valence-electron chi connectivity index (χ1n) is 6.33. The fourth-order valence-electron chi connectivity index (χ4n) is 1.98. The largest absolute Gasteiger partial charge is 0.314 e. The van der Waals surface area contributed by atoms with E-state index < -0.39 is 0 Å². The van der Waals surface area contributed by atoms with E-state index in [1.807, 2.05) is 0 Å². The lowest BCUT2D eigenvalue weighted by Gasteiger charge is -2.21. The standard InChI is InChI=1S/C13H29N/c1-6-8-12(5)9-13(7-2)10-14-11(3)4/h11-14H,6-10H2,1-5H3. The molecule has 0 aromatic heterocycles. The zero-order valence-electron chi connectivity index (χ0n) is 10.8. The van der Waals surface area contributed by atoms with Gasteiger partial charge in [0, 0.05) is 6.04 Å². The van der Waals surface area contributed by atoms with E-state index in [2.05, 4.69) is 39.9 Å². The van der Waals surface area contributed by atoms with Gasteiger partial charge in [-0.3, -0.25) is 0 Å². The van der Waals surface area contributed by atoms with Crippen molar-refractivity contribution in [3.63, 3.8) is 0 Å². The van der Waals surface area contributed by atoms with Crippen LogP contribution < -0.4 is 5.32 Å². The molecule has 0 rings (SSSR count). The van der Waals surface area contributed by atoms with E-state index in [4.69, 9.17) is 0 Å². The maximum atomic E-state index is 3.54. The molecule has 0 amide bonds. The summed E-state index contributed by atoms with van der Waals surface area (Å²) in [5.74, 6) is 1.78. The van der Waals surface area contributed by atoms with Crippen LogP contribution in [0.4, 0.5) is 0 Å². The predicted octanol–water partition coefficient (Wildman–Crippen LogP) is 3.84. The second-order valence-corrected chi connectivity index (χ2v) is 4.97. The van der Waals surface area contributed by atoms with E-state index in [0.29, 0.717) is 6.04 Å². The van der Waals surface area contributed by atoms with Gasteiger partial charge in [0.25, 0.3) is 0 Å². The zero-order valence-corrected chi connectivity index (χ0v) is 10.8. The molecule has 2 unspecified atom stereocenters. The molecule has 1 heteroatoms. The summed E-state index contributed by atoms with van der Waals surface area (Å²) in [4.78, 5) is 0. The van der Waals surface area contributed by atoms with Crippen molar-refractivity contribution in [2.24, 2.45) is 11.8 Å². The fraction of sp³-hybridized carbons (Fsp3) is 1.00. The average Bonchev–Trinajstić information content (AvgIpc) is 2.12. The van der Waals surface area contributed by atoms with Gasteiger partial charge in [0.1, 0.15) is 0 Å². The summed E-state index contributed by atoms with van der Waals surface area (Å²) in [5, 5.41) is 3.54. The average molecular weight is 199 g/mol. The van der Waals surface area contributed by atoms with Gasteiger partial charge in [-0.25, -0.2) is 0 Å². The summed E-state index contributed by atoms with van der Waals surface area (Å²) in [6.07, 6.45) is 5.42. The molecule has 0 saturated heterocycles. The number of nitrogens with one attached hydrogen (secondary N) is 1. The lowest BCUT2D eigenvalue weighted by atomic mass is 9.91. The molecule has 1 nitrogen and oxygen atoms in total. The maximum absolute atomic E-state index is 3.54. The minimum absolute atomic E-state index is 0.630. The third kappa shape index (κ3) is 7.37. The zero-order chi connectivity index (χ0) is 11.0. The van der Waals surface area contributed by atoms with Crippen molar-refractivity contribution in [3.05, 3.63) is 0 Å². The molecule has 1 N–H and O–H groups in total. The van der Waals surface area contributed by atoms with Crippen molar-refractivity contribution in [1.29, 1.82) is 0 Å². The molecule has 0 aliphatic carbocycles. The molecular weight excluding hydrogens is 170 g/mol. The van der Waals surface area contributed by atoms with E-state index in [-0.39, 0.29) is 0 Å². The smallest absolute Gasteiger partial charge is 0.00104 e. The summed E-state index contributed by atoms with van der Waals surface area (Å²) in [5.41, 5.74) is 0. The van der Waals surface area contributed by atoms with E-state index in [0.717, 1.165) is 11.8 Å². The second kappa shape index (κ2) is 8.28.